The smallest absolute Gasteiger partial charge is 0.151 e. The van der Waals surface area contributed by atoms with Crippen molar-refractivity contribution in [2.45, 2.75) is 25.3 Å². The first-order valence-electron chi connectivity index (χ1n) is 6.48. The number of hydrogen-bond donors (Lipinski definition) is 1. The topological polar surface area (TPSA) is 46.3 Å². The van der Waals surface area contributed by atoms with E-state index in [9.17, 15) is 9.18 Å². The van der Waals surface area contributed by atoms with Gasteiger partial charge in [-0.15, -0.1) is 0 Å². The van der Waals surface area contributed by atoms with E-state index in [-0.39, 0.29) is 17.6 Å². The number of hydrogen-bond acceptors (Lipinski definition) is 3. The van der Waals surface area contributed by atoms with Gasteiger partial charge in [0.2, 0.25) is 0 Å². The van der Waals surface area contributed by atoms with Gasteiger partial charge in [-0.3, -0.25) is 9.69 Å². The highest BCUT2D eigenvalue weighted by atomic mass is 79.9. The highest BCUT2D eigenvalue weighted by molar-refractivity contribution is 9.10. The molecule has 0 saturated carbocycles. The molecule has 0 spiro atoms. The number of ketones is 1. The molecule has 1 heterocycles. The summed E-state index contributed by atoms with van der Waals surface area (Å²) in [6.07, 6.45) is 2.24. The molecular formula is C14H18BrFN2O. The highest BCUT2D eigenvalue weighted by Crippen LogP contribution is 2.19. The molecule has 2 rings (SSSR count). The van der Waals surface area contributed by atoms with Gasteiger partial charge in [0.05, 0.1) is 6.54 Å². The zero-order valence-electron chi connectivity index (χ0n) is 10.7. The predicted molar refractivity (Wildman–Crippen MR) is 76.5 cm³/mol. The molecule has 1 aliphatic heterocycles. The summed E-state index contributed by atoms with van der Waals surface area (Å²) >= 11 is 3.29. The van der Waals surface area contributed by atoms with Crippen molar-refractivity contribution in [3.63, 3.8) is 0 Å². The lowest BCUT2D eigenvalue weighted by molar-refractivity contribution is -0.119. The van der Waals surface area contributed by atoms with Gasteiger partial charge in [-0.05, 0) is 30.5 Å². The van der Waals surface area contributed by atoms with Gasteiger partial charge in [0.15, 0.2) is 5.78 Å². The molecular weight excluding hydrogens is 311 g/mol. The Morgan fingerprint density at radius 3 is 2.74 bits per heavy atom. The van der Waals surface area contributed by atoms with E-state index in [1.54, 1.807) is 6.07 Å². The summed E-state index contributed by atoms with van der Waals surface area (Å²) in [5, 5.41) is 0. The number of benzene rings is 1. The van der Waals surface area contributed by atoms with E-state index < -0.39 is 0 Å². The normalized spacial score (nSPS) is 17.6. The maximum atomic E-state index is 13.0. The Bertz CT molecular complexity index is 459. The largest absolute Gasteiger partial charge is 0.328 e. The summed E-state index contributed by atoms with van der Waals surface area (Å²) in [5.74, 6) is -0.143. The number of piperidine rings is 1. The second-order valence-corrected chi connectivity index (χ2v) is 5.92. The molecule has 104 valence electrons. The second-order valence-electron chi connectivity index (χ2n) is 5.06. The Morgan fingerprint density at radius 1 is 1.42 bits per heavy atom. The zero-order valence-corrected chi connectivity index (χ0v) is 12.3. The van der Waals surface area contributed by atoms with Crippen LogP contribution in [0.5, 0.6) is 0 Å². The predicted octanol–water partition coefficient (Wildman–Crippen LogP) is 2.12. The maximum Gasteiger partial charge on any atom is 0.151 e. The molecule has 1 aliphatic rings. The highest BCUT2D eigenvalue weighted by Gasteiger charge is 2.18. The van der Waals surface area contributed by atoms with Gasteiger partial charge < -0.3 is 5.73 Å². The van der Waals surface area contributed by atoms with Crippen molar-refractivity contribution in [2.24, 2.45) is 5.73 Å². The summed E-state index contributed by atoms with van der Waals surface area (Å²) < 4.78 is 13.6. The Labute approximate surface area is 121 Å². The van der Waals surface area contributed by atoms with Gasteiger partial charge in [-0.1, -0.05) is 22.0 Å². The molecule has 1 saturated heterocycles. The van der Waals surface area contributed by atoms with Gasteiger partial charge in [0, 0.05) is 30.0 Å². The quantitative estimate of drug-likeness (QED) is 0.920. The van der Waals surface area contributed by atoms with E-state index in [1.165, 1.54) is 12.1 Å². The van der Waals surface area contributed by atoms with E-state index in [2.05, 4.69) is 20.8 Å². The minimum atomic E-state index is -0.298. The molecule has 3 nitrogen and oxygen atoms in total. The van der Waals surface area contributed by atoms with Crippen molar-refractivity contribution in [3.05, 3.63) is 34.1 Å². The van der Waals surface area contributed by atoms with Crippen LogP contribution in [0.25, 0.3) is 0 Å². The molecule has 19 heavy (non-hydrogen) atoms. The minimum Gasteiger partial charge on any atom is -0.328 e. The van der Waals surface area contributed by atoms with Crippen LogP contribution in [0.4, 0.5) is 4.39 Å². The van der Waals surface area contributed by atoms with Crippen molar-refractivity contribution < 1.29 is 9.18 Å². The third-order valence-electron chi connectivity index (χ3n) is 3.43. The first-order valence-corrected chi connectivity index (χ1v) is 7.27. The summed E-state index contributed by atoms with van der Waals surface area (Å²) in [6.45, 7) is 2.23. The summed E-state index contributed by atoms with van der Waals surface area (Å²) in [4.78, 5) is 14.2. The lowest BCUT2D eigenvalue weighted by atomic mass is 10.0. The van der Waals surface area contributed by atoms with Crippen LogP contribution in [-0.4, -0.2) is 36.4 Å². The van der Waals surface area contributed by atoms with Crippen molar-refractivity contribution >= 4 is 21.7 Å². The van der Waals surface area contributed by atoms with Crippen LogP contribution >= 0.6 is 15.9 Å². The summed E-state index contributed by atoms with van der Waals surface area (Å²) in [7, 11) is 0. The lowest BCUT2D eigenvalue weighted by Crippen LogP contribution is -2.42. The molecule has 0 atom stereocenters. The van der Waals surface area contributed by atoms with Crippen LogP contribution in [0.2, 0.25) is 0 Å². The SMILES string of the molecule is NC1CCN(CC(=O)Cc2ccc(F)cc2Br)CC1. The number of nitrogens with zero attached hydrogens (tertiary/aromatic N) is 1. The molecule has 2 N–H and O–H groups in total. The number of likely N-dealkylation sites (tertiary alicyclic amines) is 1. The van der Waals surface area contributed by atoms with Crippen molar-refractivity contribution in [1.29, 1.82) is 0 Å². The summed E-state index contributed by atoms with van der Waals surface area (Å²) in [5.41, 5.74) is 6.67. The van der Waals surface area contributed by atoms with Gasteiger partial charge in [-0.25, -0.2) is 4.39 Å². The molecule has 1 aromatic rings. The monoisotopic (exact) mass is 328 g/mol. The number of carbonyl (C=O) groups excluding carboxylic acids is 1. The van der Waals surface area contributed by atoms with E-state index in [0.29, 0.717) is 17.4 Å². The molecule has 0 radical (unpaired) electrons. The molecule has 1 aromatic carbocycles. The molecule has 0 aliphatic carbocycles. The summed E-state index contributed by atoms with van der Waals surface area (Å²) in [6, 6.07) is 4.71. The number of nitrogens with two attached hydrogens (primary N) is 1. The van der Waals surface area contributed by atoms with Crippen LogP contribution in [0, 0.1) is 5.82 Å². The Balaban J connectivity index is 1.87. The van der Waals surface area contributed by atoms with Crippen LogP contribution in [0.1, 0.15) is 18.4 Å². The van der Waals surface area contributed by atoms with Gasteiger partial charge in [0.1, 0.15) is 5.82 Å². The van der Waals surface area contributed by atoms with Crippen LogP contribution in [0.15, 0.2) is 22.7 Å². The van der Waals surface area contributed by atoms with Crippen LogP contribution in [-0.2, 0) is 11.2 Å². The maximum absolute atomic E-state index is 13.0. The third-order valence-corrected chi connectivity index (χ3v) is 4.17. The molecule has 0 bridgehead atoms. The van der Waals surface area contributed by atoms with E-state index in [0.717, 1.165) is 31.5 Å². The third kappa shape index (κ3) is 4.37. The minimum absolute atomic E-state index is 0.155. The second kappa shape index (κ2) is 6.59. The number of carbonyl (C=O) groups is 1. The fourth-order valence-corrected chi connectivity index (χ4v) is 2.78. The van der Waals surface area contributed by atoms with E-state index in [1.807, 2.05) is 0 Å². The van der Waals surface area contributed by atoms with Gasteiger partial charge in [0.25, 0.3) is 0 Å². The molecule has 0 unspecified atom stereocenters. The number of Topliss-reactive ketones (excluding diaryl/α,β-unsaturated/α-hetero) is 1. The number of rotatable bonds is 4. The van der Waals surface area contributed by atoms with Gasteiger partial charge >= 0.3 is 0 Å². The fourth-order valence-electron chi connectivity index (χ4n) is 2.29. The van der Waals surface area contributed by atoms with Crippen molar-refractivity contribution in [2.75, 3.05) is 19.6 Å². The average molecular weight is 329 g/mol. The lowest BCUT2D eigenvalue weighted by Gasteiger charge is -2.29. The van der Waals surface area contributed by atoms with Crippen molar-refractivity contribution in [1.82, 2.24) is 4.90 Å². The molecule has 0 aromatic heterocycles. The molecule has 1 fully saturated rings. The Morgan fingerprint density at radius 2 is 2.11 bits per heavy atom. The first-order chi connectivity index (χ1) is 9.04. The van der Waals surface area contributed by atoms with E-state index >= 15 is 0 Å². The average Bonchev–Trinajstić information content (AvgIpc) is 2.36. The van der Waals surface area contributed by atoms with E-state index in [4.69, 9.17) is 5.73 Å². The molecule has 0 amide bonds. The Kier molecular flexibility index (Phi) is 5.07. The number of halogens is 2. The fraction of sp³-hybridized carbons (Fsp3) is 0.500. The van der Waals surface area contributed by atoms with Crippen LogP contribution < -0.4 is 5.73 Å². The first kappa shape index (κ1) is 14.6. The molecule has 5 heteroatoms. The zero-order chi connectivity index (χ0) is 13.8. The van der Waals surface area contributed by atoms with Crippen molar-refractivity contribution in [3.8, 4) is 0 Å². The standard InChI is InChI=1S/C14H18BrFN2O/c15-14-8-11(16)2-1-10(14)7-13(19)9-18-5-3-12(17)4-6-18/h1-2,8,12H,3-7,9,17H2. The van der Waals surface area contributed by atoms with Crippen LogP contribution in [0.3, 0.4) is 0 Å². The van der Waals surface area contributed by atoms with Gasteiger partial charge in [-0.2, -0.15) is 0 Å². The Hall–Kier alpha value is -0.780.